The van der Waals surface area contributed by atoms with Crippen LogP contribution in [0, 0.1) is 0 Å². The maximum absolute atomic E-state index is 12.1. The quantitative estimate of drug-likeness (QED) is 0.832. The van der Waals surface area contributed by atoms with Gasteiger partial charge in [-0.05, 0) is 25.0 Å². The summed E-state index contributed by atoms with van der Waals surface area (Å²) in [5.74, 6) is 0.331. The zero-order valence-electron chi connectivity index (χ0n) is 8.96. The van der Waals surface area contributed by atoms with E-state index < -0.39 is 10.0 Å². The van der Waals surface area contributed by atoms with Gasteiger partial charge in [-0.1, -0.05) is 6.42 Å². The van der Waals surface area contributed by atoms with Gasteiger partial charge in [0.2, 0.25) is 10.0 Å². The van der Waals surface area contributed by atoms with Crippen molar-refractivity contribution >= 4 is 15.8 Å². The molecule has 1 aliphatic heterocycles. The molecule has 0 bridgehead atoms. The summed E-state index contributed by atoms with van der Waals surface area (Å²) in [5, 5.41) is 0. The molecule has 16 heavy (non-hydrogen) atoms. The maximum atomic E-state index is 12.1. The molecule has 0 aliphatic carbocycles. The summed E-state index contributed by atoms with van der Waals surface area (Å²) in [6, 6.07) is 3.02. The first-order valence-corrected chi connectivity index (χ1v) is 6.76. The van der Waals surface area contributed by atoms with Crippen LogP contribution < -0.4 is 5.73 Å². The second-order valence-corrected chi connectivity index (χ2v) is 5.82. The molecule has 0 radical (unpaired) electrons. The number of rotatable bonds is 2. The van der Waals surface area contributed by atoms with Crippen molar-refractivity contribution in [2.45, 2.75) is 24.2 Å². The molecule has 5 nitrogen and oxygen atoms in total. The van der Waals surface area contributed by atoms with Gasteiger partial charge in [-0.25, -0.2) is 13.4 Å². The molecule has 1 fully saturated rings. The molecule has 0 unspecified atom stereocenters. The van der Waals surface area contributed by atoms with Gasteiger partial charge in [-0.3, -0.25) is 0 Å². The number of nitrogen functional groups attached to an aromatic ring is 1. The fraction of sp³-hybridized carbons (Fsp3) is 0.500. The minimum Gasteiger partial charge on any atom is -0.384 e. The fourth-order valence-electron chi connectivity index (χ4n) is 1.80. The molecule has 2 heterocycles. The van der Waals surface area contributed by atoms with Crippen LogP contribution in [-0.4, -0.2) is 30.8 Å². The fourth-order valence-corrected chi connectivity index (χ4v) is 3.26. The summed E-state index contributed by atoms with van der Waals surface area (Å²) < 4.78 is 25.8. The second-order valence-electron chi connectivity index (χ2n) is 3.88. The van der Waals surface area contributed by atoms with Crippen LogP contribution in [0.15, 0.2) is 23.2 Å². The van der Waals surface area contributed by atoms with Crippen molar-refractivity contribution in [1.82, 2.24) is 9.29 Å². The van der Waals surface area contributed by atoms with Crippen LogP contribution in [0.25, 0.3) is 0 Å². The van der Waals surface area contributed by atoms with Crippen molar-refractivity contribution in [1.29, 1.82) is 0 Å². The highest BCUT2D eigenvalue weighted by molar-refractivity contribution is 7.89. The number of piperidine rings is 1. The van der Waals surface area contributed by atoms with E-state index in [4.69, 9.17) is 5.73 Å². The average molecular weight is 241 g/mol. The van der Waals surface area contributed by atoms with Crippen molar-refractivity contribution < 1.29 is 8.42 Å². The van der Waals surface area contributed by atoms with Crippen molar-refractivity contribution in [3.05, 3.63) is 18.3 Å². The number of nitrogens with zero attached hydrogens (tertiary/aromatic N) is 2. The van der Waals surface area contributed by atoms with Gasteiger partial charge in [0.05, 0.1) is 0 Å². The lowest BCUT2D eigenvalue weighted by Crippen LogP contribution is -2.35. The highest BCUT2D eigenvalue weighted by Gasteiger charge is 2.25. The third-order valence-corrected chi connectivity index (χ3v) is 4.59. The molecule has 1 aliphatic rings. The molecule has 1 aromatic heterocycles. The number of hydrogen-bond acceptors (Lipinski definition) is 4. The lowest BCUT2D eigenvalue weighted by Gasteiger charge is -2.25. The van der Waals surface area contributed by atoms with Gasteiger partial charge >= 0.3 is 0 Å². The van der Waals surface area contributed by atoms with Crippen LogP contribution in [0.1, 0.15) is 19.3 Å². The number of pyridine rings is 1. The van der Waals surface area contributed by atoms with Crippen LogP contribution in [0.5, 0.6) is 0 Å². The SMILES string of the molecule is Nc1ccc(S(=O)(=O)N2CCCCC2)cn1. The molecule has 6 heteroatoms. The first-order chi connectivity index (χ1) is 7.60. The van der Waals surface area contributed by atoms with Crippen molar-refractivity contribution in [3.63, 3.8) is 0 Å². The summed E-state index contributed by atoms with van der Waals surface area (Å²) in [6.07, 6.45) is 4.29. The Morgan fingerprint density at radius 1 is 1.19 bits per heavy atom. The number of anilines is 1. The van der Waals surface area contributed by atoms with Gasteiger partial charge in [-0.15, -0.1) is 0 Å². The van der Waals surface area contributed by atoms with Crippen molar-refractivity contribution in [2.24, 2.45) is 0 Å². The van der Waals surface area contributed by atoms with Gasteiger partial charge in [0.1, 0.15) is 10.7 Å². The molecule has 0 atom stereocenters. The summed E-state index contributed by atoms with van der Waals surface area (Å²) in [7, 11) is -3.36. The lowest BCUT2D eigenvalue weighted by molar-refractivity contribution is 0.346. The summed E-state index contributed by atoms with van der Waals surface area (Å²) in [4.78, 5) is 4.04. The minimum atomic E-state index is -3.36. The molecule has 2 N–H and O–H groups in total. The van der Waals surface area contributed by atoms with Crippen LogP contribution in [0.3, 0.4) is 0 Å². The summed E-state index contributed by atoms with van der Waals surface area (Å²) in [6.45, 7) is 1.21. The zero-order chi connectivity index (χ0) is 11.6. The molecule has 0 amide bonds. The molecule has 1 saturated heterocycles. The Labute approximate surface area is 95.3 Å². The van der Waals surface area contributed by atoms with Gasteiger partial charge in [0, 0.05) is 19.3 Å². The number of hydrogen-bond donors (Lipinski definition) is 1. The monoisotopic (exact) mass is 241 g/mol. The lowest BCUT2D eigenvalue weighted by atomic mass is 10.2. The standard InChI is InChI=1S/C10H15N3O2S/c11-10-5-4-9(8-12-10)16(14,15)13-6-2-1-3-7-13/h4-5,8H,1-3,6-7H2,(H2,11,12). The van der Waals surface area contributed by atoms with Gasteiger partial charge in [0.25, 0.3) is 0 Å². The molecule has 2 rings (SSSR count). The van der Waals surface area contributed by atoms with E-state index in [9.17, 15) is 8.42 Å². The van der Waals surface area contributed by atoms with E-state index in [0.29, 0.717) is 18.9 Å². The van der Waals surface area contributed by atoms with Gasteiger partial charge in [0.15, 0.2) is 0 Å². The molecule has 88 valence electrons. The van der Waals surface area contributed by atoms with Crippen molar-refractivity contribution in [3.8, 4) is 0 Å². The van der Waals surface area contributed by atoms with E-state index in [1.807, 2.05) is 0 Å². The largest absolute Gasteiger partial charge is 0.384 e. The van der Waals surface area contributed by atoms with Crippen molar-refractivity contribution in [2.75, 3.05) is 18.8 Å². The number of sulfonamides is 1. The Balaban J connectivity index is 2.27. The summed E-state index contributed by atoms with van der Waals surface area (Å²) in [5.41, 5.74) is 5.43. The topological polar surface area (TPSA) is 76.3 Å². The second kappa shape index (κ2) is 4.39. The summed E-state index contributed by atoms with van der Waals surface area (Å²) >= 11 is 0. The Morgan fingerprint density at radius 2 is 1.88 bits per heavy atom. The van der Waals surface area contributed by atoms with Gasteiger partial charge < -0.3 is 5.73 Å². The number of aromatic nitrogens is 1. The Morgan fingerprint density at radius 3 is 2.44 bits per heavy atom. The average Bonchev–Trinajstić information content (AvgIpc) is 2.31. The van der Waals surface area contributed by atoms with Gasteiger partial charge in [-0.2, -0.15) is 4.31 Å². The molecule has 0 aromatic carbocycles. The molecule has 0 saturated carbocycles. The third kappa shape index (κ3) is 2.17. The molecular formula is C10H15N3O2S. The Bertz CT molecular complexity index is 449. The number of nitrogens with two attached hydrogens (primary N) is 1. The molecule has 0 spiro atoms. The molecule has 1 aromatic rings. The van der Waals surface area contributed by atoms with E-state index in [1.165, 1.54) is 22.6 Å². The van der Waals surface area contributed by atoms with E-state index in [2.05, 4.69) is 4.98 Å². The first-order valence-electron chi connectivity index (χ1n) is 5.32. The Hall–Kier alpha value is -1.14. The molecular weight excluding hydrogens is 226 g/mol. The first kappa shape index (κ1) is 11.3. The van der Waals surface area contributed by atoms with Crippen LogP contribution in [0.2, 0.25) is 0 Å². The zero-order valence-corrected chi connectivity index (χ0v) is 9.78. The predicted octanol–water partition coefficient (Wildman–Crippen LogP) is 0.838. The van der Waals surface area contributed by atoms with Crippen LogP contribution in [-0.2, 0) is 10.0 Å². The minimum absolute atomic E-state index is 0.226. The highest BCUT2D eigenvalue weighted by Crippen LogP contribution is 2.19. The van der Waals surface area contributed by atoms with Crippen LogP contribution >= 0.6 is 0 Å². The van der Waals surface area contributed by atoms with E-state index >= 15 is 0 Å². The highest BCUT2D eigenvalue weighted by atomic mass is 32.2. The van der Waals surface area contributed by atoms with E-state index in [-0.39, 0.29) is 4.90 Å². The maximum Gasteiger partial charge on any atom is 0.244 e. The third-order valence-electron chi connectivity index (χ3n) is 2.71. The predicted molar refractivity (Wildman–Crippen MR) is 61.3 cm³/mol. The van der Waals surface area contributed by atoms with Crippen LogP contribution in [0.4, 0.5) is 5.82 Å². The van der Waals surface area contributed by atoms with E-state index in [1.54, 1.807) is 0 Å². The normalized spacial score (nSPS) is 18.5. The van der Waals surface area contributed by atoms with E-state index in [0.717, 1.165) is 19.3 Å². The smallest absolute Gasteiger partial charge is 0.244 e. The Kier molecular flexibility index (Phi) is 3.11.